The molecule has 5 atom stereocenters. The van der Waals surface area contributed by atoms with Gasteiger partial charge in [0, 0.05) is 5.92 Å². The van der Waals surface area contributed by atoms with Gasteiger partial charge in [-0.2, -0.15) is 0 Å². The summed E-state index contributed by atoms with van der Waals surface area (Å²) < 4.78 is 16.9. The first-order valence-corrected chi connectivity index (χ1v) is 6.23. The molecule has 4 aliphatic rings. The summed E-state index contributed by atoms with van der Waals surface area (Å²) in [5.41, 5.74) is 0.178. The Hall–Kier alpha value is -0.120. The van der Waals surface area contributed by atoms with Crippen LogP contribution in [0.25, 0.3) is 0 Å². The van der Waals surface area contributed by atoms with E-state index in [0.29, 0.717) is 18.1 Å². The van der Waals surface area contributed by atoms with Gasteiger partial charge in [0.2, 0.25) is 0 Å². The SMILES string of the molecule is C1CC2(OCC3CO3)CC1CC2C1CO1. The van der Waals surface area contributed by atoms with Crippen LogP contribution in [0.3, 0.4) is 0 Å². The van der Waals surface area contributed by atoms with Crippen LogP contribution >= 0.6 is 0 Å². The Kier molecular flexibility index (Phi) is 1.77. The molecule has 2 bridgehead atoms. The van der Waals surface area contributed by atoms with E-state index >= 15 is 0 Å². The van der Waals surface area contributed by atoms with Crippen molar-refractivity contribution >= 4 is 0 Å². The highest BCUT2D eigenvalue weighted by Gasteiger charge is 2.58. The Morgan fingerprint density at radius 3 is 2.80 bits per heavy atom. The van der Waals surface area contributed by atoms with Crippen molar-refractivity contribution < 1.29 is 14.2 Å². The third-order valence-electron chi connectivity index (χ3n) is 4.64. The van der Waals surface area contributed by atoms with Gasteiger partial charge in [-0.15, -0.1) is 0 Å². The Labute approximate surface area is 90.1 Å². The number of hydrogen-bond donors (Lipinski definition) is 0. The maximum Gasteiger partial charge on any atom is 0.104 e. The Morgan fingerprint density at radius 1 is 1.27 bits per heavy atom. The van der Waals surface area contributed by atoms with E-state index in [1.165, 1.54) is 25.7 Å². The van der Waals surface area contributed by atoms with Gasteiger partial charge in [-0.1, -0.05) is 0 Å². The predicted octanol–water partition coefficient (Wildman–Crippen LogP) is 1.36. The lowest BCUT2D eigenvalue weighted by molar-refractivity contribution is -0.0825. The summed E-state index contributed by atoms with van der Waals surface area (Å²) >= 11 is 0. The summed E-state index contributed by atoms with van der Waals surface area (Å²) in [6.45, 7) is 2.70. The van der Waals surface area contributed by atoms with Crippen LogP contribution in [-0.4, -0.2) is 37.6 Å². The number of hydrogen-bond acceptors (Lipinski definition) is 3. The molecule has 2 heterocycles. The van der Waals surface area contributed by atoms with Gasteiger partial charge in [0.25, 0.3) is 0 Å². The van der Waals surface area contributed by atoms with Crippen LogP contribution in [0.15, 0.2) is 0 Å². The first kappa shape index (κ1) is 8.97. The van der Waals surface area contributed by atoms with Crippen LogP contribution < -0.4 is 0 Å². The monoisotopic (exact) mass is 210 g/mol. The molecule has 5 unspecified atom stereocenters. The number of ether oxygens (including phenoxy) is 3. The zero-order chi connectivity index (χ0) is 9.88. The van der Waals surface area contributed by atoms with E-state index in [-0.39, 0.29) is 5.60 Å². The second-order valence-electron chi connectivity index (χ2n) is 5.65. The molecule has 4 rings (SSSR count). The van der Waals surface area contributed by atoms with Gasteiger partial charge >= 0.3 is 0 Å². The maximum absolute atomic E-state index is 6.21. The minimum atomic E-state index is 0.178. The van der Waals surface area contributed by atoms with E-state index in [1.807, 2.05) is 0 Å². The summed E-state index contributed by atoms with van der Waals surface area (Å²) in [7, 11) is 0. The van der Waals surface area contributed by atoms with Gasteiger partial charge in [0.15, 0.2) is 0 Å². The van der Waals surface area contributed by atoms with Crippen molar-refractivity contribution in [2.24, 2.45) is 11.8 Å². The lowest BCUT2D eigenvalue weighted by Gasteiger charge is -2.34. The lowest BCUT2D eigenvalue weighted by atomic mass is 9.83. The van der Waals surface area contributed by atoms with Gasteiger partial charge in [0.1, 0.15) is 6.10 Å². The Morgan fingerprint density at radius 2 is 2.13 bits per heavy atom. The van der Waals surface area contributed by atoms with E-state index in [4.69, 9.17) is 14.2 Å². The molecule has 2 saturated carbocycles. The van der Waals surface area contributed by atoms with Crippen molar-refractivity contribution in [1.29, 1.82) is 0 Å². The second-order valence-corrected chi connectivity index (χ2v) is 5.65. The van der Waals surface area contributed by atoms with Crippen LogP contribution in [0, 0.1) is 11.8 Å². The zero-order valence-corrected chi connectivity index (χ0v) is 8.98. The van der Waals surface area contributed by atoms with Crippen molar-refractivity contribution in [3.8, 4) is 0 Å². The lowest BCUT2D eigenvalue weighted by Crippen LogP contribution is -2.39. The van der Waals surface area contributed by atoms with Crippen LogP contribution in [0.4, 0.5) is 0 Å². The maximum atomic E-state index is 6.21. The topological polar surface area (TPSA) is 34.3 Å². The molecule has 0 radical (unpaired) electrons. The molecule has 2 saturated heterocycles. The molecule has 3 nitrogen and oxygen atoms in total. The van der Waals surface area contributed by atoms with Gasteiger partial charge in [-0.25, -0.2) is 0 Å². The summed E-state index contributed by atoms with van der Waals surface area (Å²) in [5.74, 6) is 1.61. The standard InChI is InChI=1S/C12H18O3/c1-2-12(15-6-9-5-13-9)4-8(1)3-10(12)11-7-14-11/h8-11H,1-7H2. The molecule has 0 N–H and O–H groups in total. The molecular weight excluding hydrogens is 192 g/mol. The quantitative estimate of drug-likeness (QED) is 0.657. The Balaban J connectivity index is 1.49. The Bertz CT molecular complexity index is 272. The summed E-state index contributed by atoms with van der Waals surface area (Å²) in [4.78, 5) is 0. The van der Waals surface area contributed by atoms with Gasteiger partial charge in [-0.05, 0) is 31.6 Å². The second kappa shape index (κ2) is 2.96. The molecule has 4 fully saturated rings. The molecule has 3 heteroatoms. The van der Waals surface area contributed by atoms with Crippen molar-refractivity contribution in [1.82, 2.24) is 0 Å². The minimum absolute atomic E-state index is 0.178. The minimum Gasteiger partial charge on any atom is -0.373 e. The van der Waals surface area contributed by atoms with Crippen LogP contribution in [0.1, 0.15) is 25.7 Å². The summed E-state index contributed by atoms with van der Waals surface area (Å²) in [6.07, 6.45) is 6.18. The molecule has 15 heavy (non-hydrogen) atoms. The normalized spacial score (nSPS) is 56.0. The fourth-order valence-corrected chi connectivity index (χ4v) is 3.69. The van der Waals surface area contributed by atoms with Crippen LogP contribution in [0.5, 0.6) is 0 Å². The molecule has 2 aliphatic carbocycles. The van der Waals surface area contributed by atoms with E-state index in [9.17, 15) is 0 Å². The molecular formula is C12H18O3. The third-order valence-corrected chi connectivity index (χ3v) is 4.64. The molecule has 0 aromatic rings. The van der Waals surface area contributed by atoms with Crippen molar-refractivity contribution in [2.75, 3.05) is 19.8 Å². The summed E-state index contributed by atoms with van der Waals surface area (Å²) in [5, 5.41) is 0. The fourth-order valence-electron chi connectivity index (χ4n) is 3.69. The number of epoxide rings is 2. The molecule has 0 aromatic carbocycles. The molecule has 2 aliphatic heterocycles. The first-order valence-electron chi connectivity index (χ1n) is 6.23. The largest absolute Gasteiger partial charge is 0.373 e. The molecule has 0 aromatic heterocycles. The van der Waals surface area contributed by atoms with E-state index < -0.39 is 0 Å². The summed E-state index contributed by atoms with van der Waals surface area (Å²) in [6, 6.07) is 0. The van der Waals surface area contributed by atoms with E-state index in [2.05, 4.69) is 0 Å². The fraction of sp³-hybridized carbons (Fsp3) is 1.00. The van der Waals surface area contributed by atoms with Crippen LogP contribution in [-0.2, 0) is 14.2 Å². The van der Waals surface area contributed by atoms with E-state index in [1.54, 1.807) is 0 Å². The average Bonchev–Trinajstić information content (AvgIpc) is 3.16. The average molecular weight is 210 g/mol. The molecule has 84 valence electrons. The van der Waals surface area contributed by atoms with E-state index in [0.717, 1.165) is 25.7 Å². The van der Waals surface area contributed by atoms with Crippen LogP contribution in [0.2, 0.25) is 0 Å². The highest BCUT2D eigenvalue weighted by Crippen LogP contribution is 2.56. The van der Waals surface area contributed by atoms with Gasteiger partial charge < -0.3 is 14.2 Å². The zero-order valence-electron chi connectivity index (χ0n) is 8.98. The highest BCUT2D eigenvalue weighted by molar-refractivity contribution is 5.08. The predicted molar refractivity (Wildman–Crippen MR) is 53.6 cm³/mol. The first-order chi connectivity index (χ1) is 7.36. The van der Waals surface area contributed by atoms with Crippen molar-refractivity contribution in [2.45, 2.75) is 43.5 Å². The van der Waals surface area contributed by atoms with Gasteiger partial charge in [-0.3, -0.25) is 0 Å². The van der Waals surface area contributed by atoms with Crippen molar-refractivity contribution in [3.05, 3.63) is 0 Å². The van der Waals surface area contributed by atoms with Crippen molar-refractivity contribution in [3.63, 3.8) is 0 Å². The molecule has 0 spiro atoms. The smallest absolute Gasteiger partial charge is 0.104 e. The molecule has 0 amide bonds. The third kappa shape index (κ3) is 1.44. The highest BCUT2D eigenvalue weighted by atomic mass is 16.6. The number of rotatable bonds is 4. The number of fused-ring (bicyclic) bond motifs is 2. The van der Waals surface area contributed by atoms with Gasteiger partial charge in [0.05, 0.1) is 31.5 Å².